The van der Waals surface area contributed by atoms with Gasteiger partial charge in [0.1, 0.15) is 5.82 Å². The summed E-state index contributed by atoms with van der Waals surface area (Å²) in [5.74, 6) is -6.24. The number of carboxylic acids is 1. The number of carbonyl (C=O) groups excluding carboxylic acids is 1. The number of amides is 1. The Labute approximate surface area is 129 Å². The van der Waals surface area contributed by atoms with Crippen molar-refractivity contribution in [2.75, 3.05) is 5.32 Å². The molecule has 2 unspecified atom stereocenters. The standard InChI is InChI=1S/C15H15F4NO3/c16-11-7-8(14(22)23)5-6-12(11)20-13(21)9-3-1-2-4-10(9)15(17,18)19/h5-7,9-10H,1-4H2,(H,20,21)(H,22,23). The van der Waals surface area contributed by atoms with E-state index in [1.165, 1.54) is 0 Å². The van der Waals surface area contributed by atoms with Gasteiger partial charge in [0.25, 0.3) is 0 Å². The van der Waals surface area contributed by atoms with Crippen LogP contribution in [0.4, 0.5) is 23.2 Å². The molecule has 0 aromatic heterocycles. The number of hydrogen-bond donors (Lipinski definition) is 2. The molecule has 2 N–H and O–H groups in total. The Morgan fingerprint density at radius 3 is 2.39 bits per heavy atom. The number of anilines is 1. The molecule has 1 aromatic rings. The Hall–Kier alpha value is -2.12. The molecule has 1 aromatic carbocycles. The fraction of sp³-hybridized carbons (Fsp3) is 0.467. The Morgan fingerprint density at radius 1 is 1.17 bits per heavy atom. The number of hydrogen-bond acceptors (Lipinski definition) is 2. The smallest absolute Gasteiger partial charge is 0.392 e. The molecule has 1 saturated carbocycles. The van der Waals surface area contributed by atoms with Gasteiger partial charge in [-0.2, -0.15) is 13.2 Å². The lowest BCUT2D eigenvalue weighted by atomic mass is 9.78. The minimum atomic E-state index is -4.48. The number of carboxylic acid groups (broad SMARTS) is 1. The first-order valence-electron chi connectivity index (χ1n) is 7.10. The second-order valence-corrected chi connectivity index (χ2v) is 5.53. The molecule has 1 fully saturated rings. The van der Waals surface area contributed by atoms with E-state index >= 15 is 0 Å². The third-order valence-corrected chi connectivity index (χ3v) is 4.00. The lowest BCUT2D eigenvalue weighted by molar-refractivity contribution is -0.197. The maximum absolute atomic E-state index is 13.8. The molecule has 1 amide bonds. The Balaban J connectivity index is 2.16. The third-order valence-electron chi connectivity index (χ3n) is 4.00. The molecule has 2 rings (SSSR count). The fourth-order valence-corrected chi connectivity index (χ4v) is 2.81. The van der Waals surface area contributed by atoms with Gasteiger partial charge in [-0.3, -0.25) is 4.79 Å². The lowest BCUT2D eigenvalue weighted by Crippen LogP contribution is -2.39. The van der Waals surface area contributed by atoms with Crippen LogP contribution in [0.15, 0.2) is 18.2 Å². The monoisotopic (exact) mass is 333 g/mol. The largest absolute Gasteiger partial charge is 0.478 e. The zero-order chi connectivity index (χ0) is 17.2. The summed E-state index contributed by atoms with van der Waals surface area (Å²) < 4.78 is 52.7. The van der Waals surface area contributed by atoms with Gasteiger partial charge in [0.2, 0.25) is 5.91 Å². The van der Waals surface area contributed by atoms with E-state index in [0.29, 0.717) is 18.9 Å². The van der Waals surface area contributed by atoms with Crippen molar-refractivity contribution in [1.82, 2.24) is 0 Å². The van der Waals surface area contributed by atoms with Crippen LogP contribution >= 0.6 is 0 Å². The number of halogens is 4. The van der Waals surface area contributed by atoms with Crippen molar-refractivity contribution < 1.29 is 32.3 Å². The molecule has 0 heterocycles. The van der Waals surface area contributed by atoms with Crippen molar-refractivity contribution in [3.05, 3.63) is 29.6 Å². The van der Waals surface area contributed by atoms with Gasteiger partial charge in [0, 0.05) is 5.92 Å². The molecule has 2 atom stereocenters. The molecule has 0 aliphatic heterocycles. The molecular weight excluding hydrogens is 318 g/mol. The van der Waals surface area contributed by atoms with Crippen LogP contribution in [-0.2, 0) is 4.79 Å². The van der Waals surface area contributed by atoms with Gasteiger partial charge in [-0.15, -0.1) is 0 Å². The van der Waals surface area contributed by atoms with E-state index in [2.05, 4.69) is 5.32 Å². The van der Waals surface area contributed by atoms with Crippen LogP contribution in [0.3, 0.4) is 0 Å². The summed E-state index contributed by atoms with van der Waals surface area (Å²) in [6.07, 6.45) is -3.61. The second-order valence-electron chi connectivity index (χ2n) is 5.53. The highest BCUT2D eigenvalue weighted by molar-refractivity contribution is 5.94. The predicted molar refractivity (Wildman–Crippen MR) is 73.5 cm³/mol. The average Bonchev–Trinajstić information content (AvgIpc) is 2.48. The molecule has 0 saturated heterocycles. The Bertz CT molecular complexity index is 615. The van der Waals surface area contributed by atoms with Crippen molar-refractivity contribution >= 4 is 17.6 Å². The van der Waals surface area contributed by atoms with Crippen LogP contribution in [0.2, 0.25) is 0 Å². The quantitative estimate of drug-likeness (QED) is 0.826. The highest BCUT2D eigenvalue weighted by Gasteiger charge is 2.48. The summed E-state index contributed by atoms with van der Waals surface area (Å²) >= 11 is 0. The lowest BCUT2D eigenvalue weighted by Gasteiger charge is -2.32. The third kappa shape index (κ3) is 4.00. The average molecular weight is 333 g/mol. The van der Waals surface area contributed by atoms with Crippen molar-refractivity contribution in [3.8, 4) is 0 Å². The summed E-state index contributed by atoms with van der Waals surface area (Å²) in [5.41, 5.74) is -0.641. The van der Waals surface area contributed by atoms with Crippen molar-refractivity contribution in [2.24, 2.45) is 11.8 Å². The molecule has 0 spiro atoms. The van der Waals surface area contributed by atoms with Gasteiger partial charge in [0.15, 0.2) is 0 Å². The topological polar surface area (TPSA) is 66.4 Å². The van der Waals surface area contributed by atoms with E-state index in [4.69, 9.17) is 5.11 Å². The summed E-state index contributed by atoms with van der Waals surface area (Å²) in [6, 6.07) is 2.81. The number of alkyl halides is 3. The molecule has 1 aliphatic carbocycles. The Morgan fingerprint density at radius 2 is 1.83 bits per heavy atom. The summed E-state index contributed by atoms with van der Waals surface area (Å²) in [5, 5.41) is 10.9. The van der Waals surface area contributed by atoms with Crippen LogP contribution in [0.25, 0.3) is 0 Å². The molecule has 0 radical (unpaired) electrons. The van der Waals surface area contributed by atoms with Crippen molar-refractivity contribution in [3.63, 3.8) is 0 Å². The molecule has 8 heteroatoms. The maximum Gasteiger partial charge on any atom is 0.392 e. The number of carbonyl (C=O) groups is 2. The van der Waals surface area contributed by atoms with Gasteiger partial charge < -0.3 is 10.4 Å². The van der Waals surface area contributed by atoms with Crippen molar-refractivity contribution in [1.29, 1.82) is 0 Å². The SMILES string of the molecule is O=C(O)c1ccc(NC(=O)C2CCCCC2C(F)(F)F)c(F)c1. The molecule has 23 heavy (non-hydrogen) atoms. The van der Waals surface area contributed by atoms with Gasteiger partial charge in [-0.25, -0.2) is 9.18 Å². The summed E-state index contributed by atoms with van der Waals surface area (Å²) in [6.45, 7) is 0. The first-order chi connectivity index (χ1) is 10.7. The van der Waals surface area contributed by atoms with Crippen LogP contribution in [0.5, 0.6) is 0 Å². The molecule has 126 valence electrons. The van der Waals surface area contributed by atoms with Gasteiger partial charge in [-0.05, 0) is 31.0 Å². The number of benzene rings is 1. The van der Waals surface area contributed by atoms with Gasteiger partial charge in [0.05, 0.1) is 17.2 Å². The molecule has 0 bridgehead atoms. The number of rotatable bonds is 3. The first-order valence-corrected chi connectivity index (χ1v) is 7.10. The van der Waals surface area contributed by atoms with Gasteiger partial charge >= 0.3 is 12.1 Å². The zero-order valence-electron chi connectivity index (χ0n) is 12.0. The second kappa shape index (κ2) is 6.55. The number of nitrogens with one attached hydrogen (secondary N) is 1. The summed E-state index contributed by atoms with van der Waals surface area (Å²) in [4.78, 5) is 22.8. The normalized spacial score (nSPS) is 21.7. The van der Waals surface area contributed by atoms with Crippen LogP contribution < -0.4 is 5.32 Å². The van der Waals surface area contributed by atoms with Crippen molar-refractivity contribution in [2.45, 2.75) is 31.9 Å². The van der Waals surface area contributed by atoms with E-state index in [0.717, 1.165) is 12.1 Å². The highest BCUT2D eigenvalue weighted by Crippen LogP contribution is 2.41. The molecule has 4 nitrogen and oxygen atoms in total. The van der Waals surface area contributed by atoms with Crippen LogP contribution in [0, 0.1) is 17.7 Å². The van der Waals surface area contributed by atoms with E-state index < -0.39 is 35.7 Å². The zero-order valence-corrected chi connectivity index (χ0v) is 12.0. The minimum absolute atomic E-state index is 0.0881. The summed E-state index contributed by atoms with van der Waals surface area (Å²) in [7, 11) is 0. The van der Waals surface area contributed by atoms with Crippen LogP contribution in [-0.4, -0.2) is 23.2 Å². The number of aromatic carboxylic acids is 1. The minimum Gasteiger partial charge on any atom is -0.478 e. The van der Waals surface area contributed by atoms with E-state index in [1.807, 2.05) is 0 Å². The molecular formula is C15H15F4NO3. The van der Waals surface area contributed by atoms with Crippen LogP contribution in [0.1, 0.15) is 36.0 Å². The van der Waals surface area contributed by atoms with E-state index in [1.54, 1.807) is 0 Å². The predicted octanol–water partition coefficient (Wildman–Crippen LogP) is 3.83. The van der Waals surface area contributed by atoms with Gasteiger partial charge in [-0.1, -0.05) is 12.8 Å². The fourth-order valence-electron chi connectivity index (χ4n) is 2.81. The maximum atomic E-state index is 13.8. The first kappa shape index (κ1) is 17.2. The molecule has 1 aliphatic rings. The highest BCUT2D eigenvalue weighted by atomic mass is 19.4. The van der Waals surface area contributed by atoms with E-state index in [-0.39, 0.29) is 24.1 Å². The van der Waals surface area contributed by atoms with E-state index in [9.17, 15) is 27.2 Å². The Kier molecular flexibility index (Phi) is 4.91.